The molecule has 1 amide bonds. The first kappa shape index (κ1) is 17.1. The van der Waals surface area contributed by atoms with Crippen molar-refractivity contribution in [2.45, 2.75) is 13.8 Å². The molecule has 2 aromatic heterocycles. The fraction of sp³-hybridized carbons (Fsp3) is 0.100. The van der Waals surface area contributed by atoms with Gasteiger partial charge in [0.05, 0.1) is 5.69 Å². The molecule has 134 valence electrons. The maximum atomic E-state index is 12.3. The van der Waals surface area contributed by atoms with Crippen LogP contribution in [0.1, 0.15) is 21.6 Å². The highest BCUT2D eigenvalue weighted by Crippen LogP contribution is 2.24. The minimum absolute atomic E-state index is 0.207. The number of amides is 1. The standard InChI is InChI=1S/C20H16N4O2S/c1-12-3-5-15(6-4-12)18-23-24-19(26-18)16-9-7-14(8-10-16)17(25)22-20-21-13(2)11-27-20/h3-11H,1-2H3,(H,21,22,25). The van der Waals surface area contributed by atoms with Gasteiger partial charge in [0.1, 0.15) is 0 Å². The van der Waals surface area contributed by atoms with Crippen LogP contribution >= 0.6 is 11.3 Å². The maximum Gasteiger partial charge on any atom is 0.257 e. The molecule has 0 spiro atoms. The highest BCUT2D eigenvalue weighted by Gasteiger charge is 2.12. The summed E-state index contributed by atoms with van der Waals surface area (Å²) >= 11 is 1.40. The molecule has 27 heavy (non-hydrogen) atoms. The van der Waals surface area contributed by atoms with E-state index >= 15 is 0 Å². The Kier molecular flexibility index (Phi) is 4.52. The van der Waals surface area contributed by atoms with Crippen LogP contribution < -0.4 is 5.32 Å². The van der Waals surface area contributed by atoms with Crippen LogP contribution in [0.3, 0.4) is 0 Å². The third-order valence-corrected chi connectivity index (χ3v) is 4.83. The van der Waals surface area contributed by atoms with Crippen molar-refractivity contribution in [3.63, 3.8) is 0 Å². The van der Waals surface area contributed by atoms with Gasteiger partial charge < -0.3 is 4.42 Å². The molecular weight excluding hydrogens is 360 g/mol. The quantitative estimate of drug-likeness (QED) is 0.557. The number of hydrogen-bond acceptors (Lipinski definition) is 6. The summed E-state index contributed by atoms with van der Waals surface area (Å²) in [5.41, 5.74) is 4.20. The van der Waals surface area contributed by atoms with Crippen LogP contribution in [0.4, 0.5) is 5.13 Å². The second kappa shape index (κ2) is 7.13. The molecule has 0 aliphatic heterocycles. The number of thiazole rings is 1. The van der Waals surface area contributed by atoms with Gasteiger partial charge in [-0.2, -0.15) is 0 Å². The van der Waals surface area contributed by atoms with Crippen LogP contribution in [0.25, 0.3) is 22.9 Å². The van der Waals surface area contributed by atoms with Crippen molar-refractivity contribution in [2.24, 2.45) is 0 Å². The van der Waals surface area contributed by atoms with Crippen LogP contribution in [-0.2, 0) is 0 Å². The third kappa shape index (κ3) is 3.78. The normalized spacial score (nSPS) is 10.7. The number of anilines is 1. The van der Waals surface area contributed by atoms with E-state index in [0.717, 1.165) is 16.8 Å². The molecule has 2 heterocycles. The van der Waals surface area contributed by atoms with Crippen molar-refractivity contribution in [3.05, 3.63) is 70.7 Å². The number of aromatic nitrogens is 3. The van der Waals surface area contributed by atoms with Gasteiger partial charge in [-0.15, -0.1) is 21.5 Å². The molecule has 0 saturated heterocycles. The first-order valence-electron chi connectivity index (χ1n) is 8.33. The fourth-order valence-electron chi connectivity index (χ4n) is 2.50. The summed E-state index contributed by atoms with van der Waals surface area (Å²) in [4.78, 5) is 16.5. The van der Waals surface area contributed by atoms with Crippen molar-refractivity contribution < 1.29 is 9.21 Å². The molecular formula is C20H16N4O2S. The lowest BCUT2D eigenvalue weighted by atomic mass is 10.1. The van der Waals surface area contributed by atoms with E-state index in [1.165, 1.54) is 16.9 Å². The molecule has 0 saturated carbocycles. The topological polar surface area (TPSA) is 80.9 Å². The third-order valence-electron chi connectivity index (χ3n) is 3.96. The Hall–Kier alpha value is -3.32. The van der Waals surface area contributed by atoms with E-state index in [1.54, 1.807) is 24.3 Å². The molecule has 0 fully saturated rings. The molecule has 7 heteroatoms. The Labute approximate surface area is 159 Å². The molecule has 0 bridgehead atoms. The Bertz CT molecular complexity index is 1080. The molecule has 6 nitrogen and oxygen atoms in total. The number of carbonyl (C=O) groups is 1. The molecule has 0 aliphatic rings. The molecule has 0 unspecified atom stereocenters. The van der Waals surface area contributed by atoms with Crippen LogP contribution in [-0.4, -0.2) is 21.1 Å². The monoisotopic (exact) mass is 376 g/mol. The lowest BCUT2D eigenvalue weighted by molar-refractivity contribution is 0.102. The van der Waals surface area contributed by atoms with Crippen LogP contribution in [0.2, 0.25) is 0 Å². The first-order chi connectivity index (χ1) is 13.1. The van der Waals surface area contributed by atoms with Crippen molar-refractivity contribution in [3.8, 4) is 22.9 Å². The minimum Gasteiger partial charge on any atom is -0.416 e. The van der Waals surface area contributed by atoms with E-state index in [-0.39, 0.29) is 5.91 Å². The largest absolute Gasteiger partial charge is 0.416 e. The summed E-state index contributed by atoms with van der Waals surface area (Å²) < 4.78 is 5.76. The predicted octanol–water partition coefficient (Wildman–Crippen LogP) is 4.73. The van der Waals surface area contributed by atoms with Crippen molar-refractivity contribution in [1.29, 1.82) is 0 Å². The van der Waals surface area contributed by atoms with Gasteiger partial charge >= 0.3 is 0 Å². The van der Waals surface area contributed by atoms with E-state index in [2.05, 4.69) is 20.5 Å². The highest BCUT2D eigenvalue weighted by atomic mass is 32.1. The fourth-order valence-corrected chi connectivity index (χ4v) is 3.18. The molecule has 0 radical (unpaired) electrons. The summed E-state index contributed by atoms with van der Waals surface area (Å²) in [6, 6.07) is 14.9. The lowest BCUT2D eigenvalue weighted by Crippen LogP contribution is -2.11. The first-order valence-corrected chi connectivity index (χ1v) is 9.21. The Morgan fingerprint density at radius 3 is 2.07 bits per heavy atom. The number of aryl methyl sites for hydroxylation is 2. The van der Waals surface area contributed by atoms with Crippen molar-refractivity contribution >= 4 is 22.4 Å². The summed E-state index contributed by atoms with van der Waals surface area (Å²) in [6.07, 6.45) is 0. The van der Waals surface area contributed by atoms with E-state index < -0.39 is 0 Å². The van der Waals surface area contributed by atoms with Gasteiger partial charge in [-0.1, -0.05) is 17.7 Å². The van der Waals surface area contributed by atoms with Gasteiger partial charge in [0.15, 0.2) is 5.13 Å². The van der Waals surface area contributed by atoms with E-state index in [9.17, 15) is 4.79 Å². The maximum absolute atomic E-state index is 12.3. The zero-order chi connectivity index (χ0) is 18.8. The second-order valence-electron chi connectivity index (χ2n) is 6.10. The molecule has 2 aromatic carbocycles. The summed E-state index contributed by atoms with van der Waals surface area (Å²) in [7, 11) is 0. The van der Waals surface area contributed by atoms with Gasteiger partial charge in [0.2, 0.25) is 11.8 Å². The molecule has 0 aliphatic carbocycles. The molecule has 0 atom stereocenters. The summed E-state index contributed by atoms with van der Waals surface area (Å²) in [6.45, 7) is 3.91. The van der Waals surface area contributed by atoms with E-state index in [4.69, 9.17) is 4.42 Å². The summed E-state index contributed by atoms with van der Waals surface area (Å²) in [5.74, 6) is 0.667. The number of benzene rings is 2. The minimum atomic E-state index is -0.207. The summed E-state index contributed by atoms with van der Waals surface area (Å²) in [5, 5.41) is 13.5. The number of nitrogens with zero attached hydrogens (tertiary/aromatic N) is 3. The Balaban J connectivity index is 1.50. The van der Waals surface area contributed by atoms with Gasteiger partial charge in [-0.25, -0.2) is 4.98 Å². The zero-order valence-corrected chi connectivity index (χ0v) is 15.6. The van der Waals surface area contributed by atoms with Gasteiger partial charge in [-0.3, -0.25) is 10.1 Å². The average molecular weight is 376 g/mol. The van der Waals surface area contributed by atoms with Gasteiger partial charge in [-0.05, 0) is 50.2 Å². The SMILES string of the molecule is Cc1ccc(-c2nnc(-c3ccc(C(=O)Nc4nc(C)cs4)cc3)o2)cc1. The zero-order valence-electron chi connectivity index (χ0n) is 14.8. The number of rotatable bonds is 4. The number of carbonyl (C=O) groups excluding carboxylic acids is 1. The van der Waals surface area contributed by atoms with E-state index in [0.29, 0.717) is 22.5 Å². The smallest absolute Gasteiger partial charge is 0.257 e. The predicted molar refractivity (Wildman–Crippen MR) is 105 cm³/mol. The highest BCUT2D eigenvalue weighted by molar-refractivity contribution is 7.13. The van der Waals surface area contributed by atoms with Crippen molar-refractivity contribution in [2.75, 3.05) is 5.32 Å². The van der Waals surface area contributed by atoms with Crippen LogP contribution in [0, 0.1) is 13.8 Å². The van der Waals surface area contributed by atoms with E-state index in [1.807, 2.05) is 43.5 Å². The Morgan fingerprint density at radius 2 is 1.52 bits per heavy atom. The lowest BCUT2D eigenvalue weighted by Gasteiger charge is -2.02. The van der Waals surface area contributed by atoms with Gasteiger partial charge in [0.25, 0.3) is 5.91 Å². The Morgan fingerprint density at radius 1 is 0.926 bits per heavy atom. The molecule has 1 N–H and O–H groups in total. The molecule has 4 rings (SSSR count). The van der Waals surface area contributed by atoms with Crippen LogP contribution in [0.15, 0.2) is 58.3 Å². The average Bonchev–Trinajstić information content (AvgIpc) is 3.32. The number of nitrogens with one attached hydrogen (secondary N) is 1. The second-order valence-corrected chi connectivity index (χ2v) is 6.96. The van der Waals surface area contributed by atoms with Crippen molar-refractivity contribution in [1.82, 2.24) is 15.2 Å². The van der Waals surface area contributed by atoms with Crippen LogP contribution in [0.5, 0.6) is 0 Å². The molecule has 4 aromatic rings. The van der Waals surface area contributed by atoms with Gasteiger partial charge in [0, 0.05) is 22.1 Å². The number of hydrogen-bond donors (Lipinski definition) is 1.